The van der Waals surface area contributed by atoms with Gasteiger partial charge in [-0.25, -0.2) is 0 Å². The van der Waals surface area contributed by atoms with Crippen LogP contribution in [0.5, 0.6) is 5.75 Å². The van der Waals surface area contributed by atoms with Gasteiger partial charge in [0.1, 0.15) is 5.75 Å². The minimum atomic E-state index is 0. The third-order valence-corrected chi connectivity index (χ3v) is 7.11. The van der Waals surface area contributed by atoms with Crippen LogP contribution >= 0.6 is 12.4 Å². The molecule has 1 aliphatic rings. The van der Waals surface area contributed by atoms with Gasteiger partial charge in [0.25, 0.3) is 0 Å². The van der Waals surface area contributed by atoms with Gasteiger partial charge in [0, 0.05) is 6.04 Å². The molecule has 0 fully saturated rings. The van der Waals surface area contributed by atoms with Crippen molar-refractivity contribution in [2.45, 2.75) is 135 Å². The molecule has 0 spiro atoms. The molecule has 3 heteroatoms. The molecule has 1 aromatic carbocycles. The summed E-state index contributed by atoms with van der Waals surface area (Å²) in [6.45, 7) is 3.48. The van der Waals surface area contributed by atoms with E-state index in [1.54, 1.807) is 7.11 Å². The number of rotatable bonds is 19. The Morgan fingerprint density at radius 2 is 1.28 bits per heavy atom. The van der Waals surface area contributed by atoms with E-state index in [2.05, 4.69) is 30.4 Å². The van der Waals surface area contributed by atoms with Crippen LogP contribution in [0, 0.1) is 0 Å². The van der Waals surface area contributed by atoms with Crippen LogP contribution in [0.2, 0.25) is 0 Å². The molecule has 0 saturated carbocycles. The summed E-state index contributed by atoms with van der Waals surface area (Å²) >= 11 is 0. The van der Waals surface area contributed by atoms with Crippen LogP contribution in [0.1, 0.15) is 127 Å². The van der Waals surface area contributed by atoms with E-state index in [4.69, 9.17) is 4.74 Å². The highest BCUT2D eigenvalue weighted by Gasteiger charge is 2.18. The summed E-state index contributed by atoms with van der Waals surface area (Å²) in [5.74, 6) is 0.997. The van der Waals surface area contributed by atoms with Crippen LogP contribution in [0.25, 0.3) is 0 Å². The molecule has 0 bridgehead atoms. The zero-order chi connectivity index (χ0) is 22.0. The van der Waals surface area contributed by atoms with Crippen LogP contribution in [-0.2, 0) is 12.8 Å². The van der Waals surface area contributed by atoms with Gasteiger partial charge < -0.3 is 10.1 Å². The predicted molar refractivity (Wildman–Crippen MR) is 144 cm³/mol. The predicted octanol–water partition coefficient (Wildman–Crippen LogP) is 8.83. The summed E-state index contributed by atoms with van der Waals surface area (Å²) in [7, 11) is 1.76. The minimum Gasteiger partial charge on any atom is -0.497 e. The molecule has 2 nitrogen and oxygen atoms in total. The third-order valence-electron chi connectivity index (χ3n) is 7.11. The van der Waals surface area contributed by atoms with E-state index in [9.17, 15) is 0 Å². The van der Waals surface area contributed by atoms with E-state index in [0.29, 0.717) is 6.04 Å². The molecule has 0 aromatic heterocycles. The second-order valence-electron chi connectivity index (χ2n) is 9.83. The number of methoxy groups -OCH3 is 1. The fraction of sp³-hybridized carbons (Fsp3) is 0.793. The van der Waals surface area contributed by atoms with Gasteiger partial charge in [0.05, 0.1) is 7.11 Å². The zero-order valence-corrected chi connectivity index (χ0v) is 22.1. The number of hydrogen-bond acceptors (Lipinski definition) is 2. The lowest BCUT2D eigenvalue weighted by Crippen LogP contribution is -2.35. The topological polar surface area (TPSA) is 21.3 Å². The molecule has 1 aromatic rings. The Kier molecular flexibility index (Phi) is 18.1. The van der Waals surface area contributed by atoms with Gasteiger partial charge in [0.15, 0.2) is 0 Å². The summed E-state index contributed by atoms with van der Waals surface area (Å²) in [4.78, 5) is 0. The van der Waals surface area contributed by atoms with Gasteiger partial charge >= 0.3 is 0 Å². The quantitative estimate of drug-likeness (QED) is 0.206. The molecule has 0 heterocycles. The van der Waals surface area contributed by atoms with Crippen LogP contribution in [0.15, 0.2) is 18.2 Å². The number of hydrogen-bond donors (Lipinski definition) is 1. The Bertz CT molecular complexity index is 562. The van der Waals surface area contributed by atoms with Gasteiger partial charge in [-0.05, 0) is 55.5 Å². The first-order valence-electron chi connectivity index (χ1n) is 13.7. The molecule has 0 amide bonds. The lowest BCUT2D eigenvalue weighted by molar-refractivity contribution is 0.410. The van der Waals surface area contributed by atoms with Crippen molar-refractivity contribution in [1.29, 1.82) is 0 Å². The number of aryl methyl sites for hydroxylation is 1. The summed E-state index contributed by atoms with van der Waals surface area (Å²) in [6.07, 6.45) is 26.7. The van der Waals surface area contributed by atoms with E-state index >= 15 is 0 Å². The summed E-state index contributed by atoms with van der Waals surface area (Å²) in [5, 5.41) is 3.81. The molecule has 0 radical (unpaired) electrons. The Balaban J connectivity index is 0.00000512. The van der Waals surface area contributed by atoms with Crippen molar-refractivity contribution >= 4 is 12.4 Å². The van der Waals surface area contributed by atoms with Gasteiger partial charge in [-0.1, -0.05) is 109 Å². The highest BCUT2D eigenvalue weighted by molar-refractivity contribution is 5.85. The van der Waals surface area contributed by atoms with Crippen LogP contribution in [-0.4, -0.2) is 19.7 Å². The molecule has 2 rings (SSSR count). The molecule has 32 heavy (non-hydrogen) atoms. The molecule has 0 saturated heterocycles. The van der Waals surface area contributed by atoms with Crippen LogP contribution in [0.4, 0.5) is 0 Å². The monoisotopic (exact) mass is 465 g/mol. The molecular weight excluding hydrogens is 414 g/mol. The SMILES string of the molecule is CCCCCCCCCCCCCCCCCCNC1CCc2ccc(OC)cc2C1.Cl. The Labute approximate surface area is 206 Å². The summed E-state index contributed by atoms with van der Waals surface area (Å²) in [5.41, 5.74) is 3.00. The van der Waals surface area contributed by atoms with Gasteiger partial charge in [-0.15, -0.1) is 12.4 Å². The van der Waals surface area contributed by atoms with Crippen molar-refractivity contribution in [2.24, 2.45) is 0 Å². The van der Waals surface area contributed by atoms with E-state index < -0.39 is 0 Å². The standard InChI is InChI=1S/C29H51NO.ClH/c1-3-4-5-6-7-8-9-10-11-12-13-14-15-16-17-18-23-30-28-21-19-26-20-22-29(31-2)25-27(26)24-28;/h20,22,25,28,30H,3-19,21,23-24H2,1-2H3;1H. The Morgan fingerprint density at radius 1 is 0.750 bits per heavy atom. The Morgan fingerprint density at radius 3 is 1.81 bits per heavy atom. The average Bonchev–Trinajstić information content (AvgIpc) is 2.80. The maximum absolute atomic E-state index is 5.39. The lowest BCUT2D eigenvalue weighted by atomic mass is 9.88. The number of unbranched alkanes of at least 4 members (excludes halogenated alkanes) is 15. The number of fused-ring (bicyclic) bond motifs is 1. The first-order valence-corrected chi connectivity index (χ1v) is 13.7. The highest BCUT2D eigenvalue weighted by Crippen LogP contribution is 2.25. The maximum Gasteiger partial charge on any atom is 0.119 e. The lowest BCUT2D eigenvalue weighted by Gasteiger charge is -2.26. The summed E-state index contributed by atoms with van der Waals surface area (Å²) < 4.78 is 5.39. The van der Waals surface area contributed by atoms with Crippen molar-refractivity contribution in [3.05, 3.63) is 29.3 Å². The van der Waals surface area contributed by atoms with Crippen LogP contribution in [0.3, 0.4) is 0 Å². The maximum atomic E-state index is 5.39. The van der Waals surface area contributed by atoms with Crippen molar-refractivity contribution in [3.8, 4) is 5.75 Å². The normalized spacial score (nSPS) is 15.2. The largest absolute Gasteiger partial charge is 0.497 e. The number of nitrogens with one attached hydrogen (secondary N) is 1. The first kappa shape index (κ1) is 29.3. The molecule has 1 aliphatic carbocycles. The summed E-state index contributed by atoms with van der Waals surface area (Å²) in [6, 6.07) is 7.23. The highest BCUT2D eigenvalue weighted by atomic mass is 35.5. The van der Waals surface area contributed by atoms with Gasteiger partial charge in [-0.3, -0.25) is 0 Å². The number of ether oxygens (including phenoxy) is 1. The molecular formula is C29H52ClNO. The Hall–Kier alpha value is -0.730. The first-order chi connectivity index (χ1) is 15.3. The molecule has 1 unspecified atom stereocenters. The molecule has 1 N–H and O–H groups in total. The van der Waals surface area contributed by atoms with Gasteiger partial charge in [0.2, 0.25) is 0 Å². The second kappa shape index (κ2) is 19.7. The number of halogens is 1. The van der Waals surface area contributed by atoms with E-state index in [-0.39, 0.29) is 12.4 Å². The van der Waals surface area contributed by atoms with Crippen molar-refractivity contribution in [1.82, 2.24) is 5.32 Å². The van der Waals surface area contributed by atoms with Crippen LogP contribution < -0.4 is 10.1 Å². The van der Waals surface area contributed by atoms with Crippen molar-refractivity contribution in [2.75, 3.05) is 13.7 Å². The number of benzene rings is 1. The minimum absolute atomic E-state index is 0. The molecule has 0 aliphatic heterocycles. The van der Waals surface area contributed by atoms with Gasteiger partial charge in [-0.2, -0.15) is 0 Å². The average molecular weight is 466 g/mol. The fourth-order valence-corrected chi connectivity index (χ4v) is 5.01. The van der Waals surface area contributed by atoms with E-state index in [1.165, 1.54) is 133 Å². The molecule has 186 valence electrons. The van der Waals surface area contributed by atoms with Crippen molar-refractivity contribution < 1.29 is 4.74 Å². The van der Waals surface area contributed by atoms with Crippen molar-refractivity contribution in [3.63, 3.8) is 0 Å². The molecule has 1 atom stereocenters. The van der Waals surface area contributed by atoms with E-state index in [1.807, 2.05) is 0 Å². The third kappa shape index (κ3) is 13.1. The smallest absolute Gasteiger partial charge is 0.119 e. The fourth-order valence-electron chi connectivity index (χ4n) is 5.01. The van der Waals surface area contributed by atoms with E-state index in [0.717, 1.165) is 12.2 Å². The second-order valence-corrected chi connectivity index (χ2v) is 9.83. The zero-order valence-electron chi connectivity index (χ0n) is 21.3.